The molecule has 0 aliphatic heterocycles. The first-order valence-electron chi connectivity index (χ1n) is 8.20. The minimum atomic E-state index is -3.16. The predicted molar refractivity (Wildman–Crippen MR) is 98.5 cm³/mol. The van der Waals surface area contributed by atoms with Crippen molar-refractivity contribution >= 4 is 9.84 Å². The van der Waals surface area contributed by atoms with Crippen LogP contribution in [0.4, 0.5) is 0 Å². The van der Waals surface area contributed by atoms with Crippen LogP contribution >= 0.6 is 0 Å². The second kappa shape index (κ2) is 8.42. The lowest BCUT2D eigenvalue weighted by atomic mass is 10.1. The maximum Gasteiger partial charge on any atom is 0.175 e. The fourth-order valence-corrected chi connectivity index (χ4v) is 3.36. The summed E-state index contributed by atoms with van der Waals surface area (Å²) in [5.74, 6) is 0. The van der Waals surface area contributed by atoms with Gasteiger partial charge in [0.05, 0.1) is 4.90 Å². The summed E-state index contributed by atoms with van der Waals surface area (Å²) in [5, 5.41) is 0. The first kappa shape index (κ1) is 18.6. The van der Waals surface area contributed by atoms with Crippen molar-refractivity contribution in [3.05, 3.63) is 65.7 Å². The van der Waals surface area contributed by atoms with Gasteiger partial charge in [0.25, 0.3) is 0 Å². The van der Waals surface area contributed by atoms with Crippen LogP contribution in [0.3, 0.4) is 0 Å². The van der Waals surface area contributed by atoms with Gasteiger partial charge in [0.2, 0.25) is 0 Å². The Hall–Kier alpha value is -1.69. The minimum Gasteiger partial charge on any atom is -0.330 e. The number of nitrogens with zero attached hydrogens (tertiary/aromatic N) is 1. The van der Waals surface area contributed by atoms with Gasteiger partial charge in [-0.2, -0.15) is 0 Å². The Labute approximate surface area is 145 Å². The van der Waals surface area contributed by atoms with Crippen molar-refractivity contribution in [2.24, 2.45) is 5.73 Å². The average Bonchev–Trinajstić information content (AvgIpc) is 2.58. The van der Waals surface area contributed by atoms with Crippen LogP contribution in [0.25, 0.3) is 0 Å². The summed E-state index contributed by atoms with van der Waals surface area (Å²) in [7, 11) is -3.16. The number of benzene rings is 2. The van der Waals surface area contributed by atoms with Gasteiger partial charge in [0.1, 0.15) is 0 Å². The molecule has 0 aliphatic carbocycles. The molecule has 2 N–H and O–H groups in total. The third-order valence-corrected chi connectivity index (χ3v) is 5.34. The van der Waals surface area contributed by atoms with Crippen molar-refractivity contribution in [2.45, 2.75) is 30.8 Å². The summed E-state index contributed by atoms with van der Waals surface area (Å²) in [5.41, 5.74) is 8.05. The standard InChI is InChI=1S/C19H26N2O2S/c1-16(18-9-11-19(12-10-18)24(2,22)23)21(14-6-13-20)15-17-7-4-3-5-8-17/h3-5,7-12,16H,6,13-15,20H2,1-2H3. The molecular formula is C19H26N2O2S. The molecule has 0 fully saturated rings. The molecule has 2 rings (SSSR count). The lowest BCUT2D eigenvalue weighted by Gasteiger charge is -2.29. The van der Waals surface area contributed by atoms with E-state index in [0.29, 0.717) is 11.4 Å². The van der Waals surface area contributed by atoms with Crippen LogP contribution in [0, 0.1) is 0 Å². The van der Waals surface area contributed by atoms with Crippen LogP contribution in [0.1, 0.15) is 30.5 Å². The maximum atomic E-state index is 11.6. The van der Waals surface area contributed by atoms with E-state index in [1.807, 2.05) is 30.3 Å². The quantitative estimate of drug-likeness (QED) is 0.798. The van der Waals surface area contributed by atoms with Crippen molar-refractivity contribution in [3.63, 3.8) is 0 Å². The smallest absolute Gasteiger partial charge is 0.175 e. The van der Waals surface area contributed by atoms with Gasteiger partial charge in [-0.25, -0.2) is 8.42 Å². The number of rotatable bonds is 8. The largest absolute Gasteiger partial charge is 0.330 e. The van der Waals surface area contributed by atoms with E-state index in [-0.39, 0.29) is 6.04 Å². The van der Waals surface area contributed by atoms with E-state index in [1.54, 1.807) is 12.1 Å². The highest BCUT2D eigenvalue weighted by Gasteiger charge is 2.16. The monoisotopic (exact) mass is 346 g/mol. The fourth-order valence-electron chi connectivity index (χ4n) is 2.73. The first-order valence-corrected chi connectivity index (χ1v) is 10.1. The van der Waals surface area contributed by atoms with Gasteiger partial charge in [-0.3, -0.25) is 4.90 Å². The van der Waals surface area contributed by atoms with Crippen molar-refractivity contribution in [3.8, 4) is 0 Å². The second-order valence-electron chi connectivity index (χ2n) is 6.12. The third-order valence-electron chi connectivity index (χ3n) is 4.22. The molecule has 0 saturated heterocycles. The number of hydrogen-bond donors (Lipinski definition) is 1. The Morgan fingerprint density at radius 3 is 2.21 bits per heavy atom. The normalized spacial score (nSPS) is 13.2. The van der Waals surface area contributed by atoms with Crippen molar-refractivity contribution in [1.82, 2.24) is 4.90 Å². The molecule has 0 amide bonds. The molecule has 0 radical (unpaired) electrons. The lowest BCUT2D eigenvalue weighted by molar-refractivity contribution is 0.200. The van der Waals surface area contributed by atoms with E-state index < -0.39 is 9.84 Å². The Morgan fingerprint density at radius 2 is 1.67 bits per heavy atom. The average molecular weight is 346 g/mol. The molecule has 0 saturated carbocycles. The second-order valence-corrected chi connectivity index (χ2v) is 8.13. The van der Waals surface area contributed by atoms with E-state index in [2.05, 4.69) is 24.0 Å². The Balaban J connectivity index is 2.18. The molecule has 0 heterocycles. The summed E-state index contributed by atoms with van der Waals surface area (Å²) >= 11 is 0. The number of hydrogen-bond acceptors (Lipinski definition) is 4. The molecule has 1 unspecified atom stereocenters. The van der Waals surface area contributed by atoms with Gasteiger partial charge in [0, 0.05) is 25.4 Å². The van der Waals surface area contributed by atoms with E-state index >= 15 is 0 Å². The molecular weight excluding hydrogens is 320 g/mol. The molecule has 4 nitrogen and oxygen atoms in total. The van der Waals surface area contributed by atoms with E-state index in [1.165, 1.54) is 11.8 Å². The van der Waals surface area contributed by atoms with Gasteiger partial charge < -0.3 is 5.73 Å². The summed E-state index contributed by atoms with van der Waals surface area (Å²) in [6.45, 7) is 4.55. The Kier molecular flexibility index (Phi) is 6.54. The van der Waals surface area contributed by atoms with Crippen LogP contribution in [0.15, 0.2) is 59.5 Å². The Bertz CT molecular complexity index is 728. The van der Waals surface area contributed by atoms with E-state index in [0.717, 1.165) is 25.1 Å². The first-order chi connectivity index (χ1) is 11.4. The molecule has 24 heavy (non-hydrogen) atoms. The van der Waals surface area contributed by atoms with Crippen LogP contribution in [0.2, 0.25) is 0 Å². The van der Waals surface area contributed by atoms with Crippen LogP contribution in [-0.2, 0) is 16.4 Å². The van der Waals surface area contributed by atoms with Crippen molar-refractivity contribution in [1.29, 1.82) is 0 Å². The van der Waals surface area contributed by atoms with Crippen molar-refractivity contribution in [2.75, 3.05) is 19.3 Å². The highest BCUT2D eigenvalue weighted by atomic mass is 32.2. The summed E-state index contributed by atoms with van der Waals surface area (Å²) < 4.78 is 23.2. The number of nitrogens with two attached hydrogens (primary N) is 1. The molecule has 2 aromatic rings. The molecule has 130 valence electrons. The lowest BCUT2D eigenvalue weighted by Crippen LogP contribution is -2.29. The Morgan fingerprint density at radius 1 is 1.04 bits per heavy atom. The van der Waals surface area contributed by atoms with Gasteiger partial charge in [-0.1, -0.05) is 42.5 Å². The van der Waals surface area contributed by atoms with E-state index in [4.69, 9.17) is 5.73 Å². The van der Waals surface area contributed by atoms with Gasteiger partial charge in [-0.05, 0) is 43.1 Å². The van der Waals surface area contributed by atoms with Crippen LogP contribution < -0.4 is 5.73 Å². The topological polar surface area (TPSA) is 63.4 Å². The SMILES string of the molecule is CC(c1ccc(S(C)(=O)=O)cc1)N(CCCN)Cc1ccccc1. The van der Waals surface area contributed by atoms with Crippen LogP contribution in [-0.4, -0.2) is 32.7 Å². The zero-order valence-corrected chi connectivity index (χ0v) is 15.2. The predicted octanol–water partition coefficient (Wildman–Crippen LogP) is 3.00. The zero-order valence-electron chi connectivity index (χ0n) is 14.4. The summed E-state index contributed by atoms with van der Waals surface area (Å²) in [4.78, 5) is 2.73. The van der Waals surface area contributed by atoms with Gasteiger partial charge in [-0.15, -0.1) is 0 Å². The van der Waals surface area contributed by atoms with Crippen LogP contribution in [0.5, 0.6) is 0 Å². The fraction of sp³-hybridized carbons (Fsp3) is 0.368. The highest BCUT2D eigenvalue weighted by molar-refractivity contribution is 7.90. The van der Waals surface area contributed by atoms with Gasteiger partial charge >= 0.3 is 0 Å². The zero-order chi connectivity index (χ0) is 17.6. The summed E-state index contributed by atoms with van der Waals surface area (Å²) in [6.07, 6.45) is 2.16. The molecule has 0 spiro atoms. The summed E-state index contributed by atoms with van der Waals surface area (Å²) in [6, 6.07) is 17.7. The van der Waals surface area contributed by atoms with Gasteiger partial charge in [0.15, 0.2) is 9.84 Å². The maximum absolute atomic E-state index is 11.6. The minimum absolute atomic E-state index is 0.186. The number of sulfone groups is 1. The van der Waals surface area contributed by atoms with Crippen molar-refractivity contribution < 1.29 is 8.42 Å². The molecule has 0 aromatic heterocycles. The molecule has 0 aliphatic rings. The molecule has 0 bridgehead atoms. The third kappa shape index (κ3) is 5.16. The van der Waals surface area contributed by atoms with E-state index in [9.17, 15) is 8.42 Å². The molecule has 1 atom stereocenters. The molecule has 5 heteroatoms. The molecule has 2 aromatic carbocycles. The highest BCUT2D eigenvalue weighted by Crippen LogP contribution is 2.24.